The van der Waals surface area contributed by atoms with Gasteiger partial charge in [0.05, 0.1) is 18.8 Å². The van der Waals surface area contributed by atoms with Crippen LogP contribution < -0.4 is 4.74 Å². The summed E-state index contributed by atoms with van der Waals surface area (Å²) < 4.78 is 10.7. The van der Waals surface area contributed by atoms with Gasteiger partial charge in [0.2, 0.25) is 0 Å². The topological polar surface area (TPSA) is 22.4 Å². The van der Waals surface area contributed by atoms with Crippen molar-refractivity contribution in [1.29, 1.82) is 0 Å². The number of halogens is 1. The minimum Gasteiger partial charge on any atom is -0.497 e. The van der Waals surface area contributed by atoms with Crippen LogP contribution in [-0.2, 0) is 6.42 Å². The van der Waals surface area contributed by atoms with Crippen LogP contribution in [0.4, 0.5) is 0 Å². The van der Waals surface area contributed by atoms with Gasteiger partial charge in [-0.15, -0.1) is 11.6 Å². The van der Waals surface area contributed by atoms with Gasteiger partial charge in [-0.25, -0.2) is 0 Å². The first-order valence-corrected chi connectivity index (χ1v) is 6.94. The molecule has 1 unspecified atom stereocenters. The Labute approximate surface area is 122 Å². The van der Waals surface area contributed by atoms with E-state index in [4.69, 9.17) is 20.8 Å². The van der Waals surface area contributed by atoms with Crippen LogP contribution in [0.1, 0.15) is 16.5 Å². The van der Waals surface area contributed by atoms with Gasteiger partial charge in [0, 0.05) is 10.9 Å². The molecule has 3 rings (SSSR count). The van der Waals surface area contributed by atoms with Gasteiger partial charge >= 0.3 is 0 Å². The number of benzene rings is 2. The Kier molecular flexibility index (Phi) is 3.66. The van der Waals surface area contributed by atoms with E-state index in [-0.39, 0.29) is 5.38 Å². The summed E-state index contributed by atoms with van der Waals surface area (Å²) in [4.78, 5) is 0. The maximum absolute atomic E-state index is 6.54. The van der Waals surface area contributed by atoms with Gasteiger partial charge in [-0.3, -0.25) is 0 Å². The third-order valence-electron chi connectivity index (χ3n) is 3.42. The van der Waals surface area contributed by atoms with Crippen molar-refractivity contribution in [2.45, 2.75) is 11.8 Å². The highest BCUT2D eigenvalue weighted by Crippen LogP contribution is 2.32. The average molecular weight is 287 g/mol. The molecule has 0 radical (unpaired) electrons. The molecule has 0 aliphatic heterocycles. The number of furan rings is 1. The molecule has 20 heavy (non-hydrogen) atoms. The van der Waals surface area contributed by atoms with Crippen molar-refractivity contribution >= 4 is 22.6 Å². The zero-order chi connectivity index (χ0) is 13.9. The zero-order valence-electron chi connectivity index (χ0n) is 11.2. The van der Waals surface area contributed by atoms with Crippen molar-refractivity contribution in [3.63, 3.8) is 0 Å². The van der Waals surface area contributed by atoms with Gasteiger partial charge in [-0.1, -0.05) is 30.3 Å². The van der Waals surface area contributed by atoms with E-state index in [1.54, 1.807) is 13.4 Å². The van der Waals surface area contributed by atoms with Crippen molar-refractivity contribution in [3.8, 4) is 5.75 Å². The van der Waals surface area contributed by atoms with Crippen LogP contribution in [0.25, 0.3) is 11.0 Å². The van der Waals surface area contributed by atoms with Gasteiger partial charge in [-0.2, -0.15) is 0 Å². The summed E-state index contributed by atoms with van der Waals surface area (Å²) >= 11 is 6.54. The highest BCUT2D eigenvalue weighted by Gasteiger charge is 2.15. The number of methoxy groups -OCH3 is 1. The summed E-state index contributed by atoms with van der Waals surface area (Å²) in [6.07, 6.45) is 2.51. The lowest BCUT2D eigenvalue weighted by Crippen LogP contribution is -1.95. The molecule has 0 saturated carbocycles. The Morgan fingerprint density at radius 3 is 2.60 bits per heavy atom. The summed E-state index contributed by atoms with van der Waals surface area (Å²) in [5, 5.41) is 0.980. The highest BCUT2D eigenvalue weighted by molar-refractivity contribution is 6.21. The van der Waals surface area contributed by atoms with E-state index in [1.165, 1.54) is 5.56 Å². The Bertz CT molecular complexity index is 700. The van der Waals surface area contributed by atoms with E-state index in [2.05, 4.69) is 0 Å². The Hall–Kier alpha value is -1.93. The zero-order valence-corrected chi connectivity index (χ0v) is 11.9. The number of hydrogen-bond donors (Lipinski definition) is 0. The summed E-state index contributed by atoms with van der Waals surface area (Å²) in [5.41, 5.74) is 3.09. The first kappa shape index (κ1) is 13.1. The van der Waals surface area contributed by atoms with Gasteiger partial charge in [-0.05, 0) is 30.2 Å². The number of ether oxygens (including phenoxy) is 1. The van der Waals surface area contributed by atoms with Gasteiger partial charge < -0.3 is 9.15 Å². The largest absolute Gasteiger partial charge is 0.497 e. The van der Waals surface area contributed by atoms with Crippen LogP contribution in [0.3, 0.4) is 0 Å². The lowest BCUT2D eigenvalue weighted by Gasteiger charge is -2.08. The molecule has 0 bridgehead atoms. The predicted octanol–water partition coefficient (Wildman–Crippen LogP) is 4.96. The average Bonchev–Trinajstić information content (AvgIpc) is 2.92. The third-order valence-corrected chi connectivity index (χ3v) is 3.81. The lowest BCUT2D eigenvalue weighted by molar-refractivity contribution is 0.414. The number of alkyl halides is 1. The van der Waals surface area contributed by atoms with Gasteiger partial charge in [0.15, 0.2) is 0 Å². The lowest BCUT2D eigenvalue weighted by atomic mass is 10.0. The molecule has 1 heterocycles. The molecule has 0 fully saturated rings. The fourth-order valence-electron chi connectivity index (χ4n) is 2.32. The summed E-state index contributed by atoms with van der Waals surface area (Å²) in [7, 11) is 1.66. The van der Waals surface area contributed by atoms with Crippen LogP contribution in [0.5, 0.6) is 5.75 Å². The van der Waals surface area contributed by atoms with Crippen molar-refractivity contribution in [2.75, 3.05) is 7.11 Å². The van der Waals surface area contributed by atoms with Crippen LogP contribution in [0.15, 0.2) is 59.2 Å². The van der Waals surface area contributed by atoms with Crippen molar-refractivity contribution in [2.24, 2.45) is 0 Å². The molecule has 0 aliphatic carbocycles. The van der Waals surface area contributed by atoms with E-state index in [1.807, 2.05) is 48.5 Å². The van der Waals surface area contributed by atoms with Gasteiger partial charge in [0.1, 0.15) is 11.3 Å². The summed E-state index contributed by atoms with van der Waals surface area (Å²) in [5.74, 6) is 0.855. The summed E-state index contributed by atoms with van der Waals surface area (Å²) in [6, 6.07) is 15.9. The molecule has 0 N–H and O–H groups in total. The molecule has 3 aromatic rings. The van der Waals surface area contributed by atoms with E-state index < -0.39 is 0 Å². The second kappa shape index (κ2) is 5.59. The first-order chi connectivity index (χ1) is 9.78. The molecule has 0 amide bonds. The standard InChI is InChI=1S/C17H15ClO2/c1-19-13-8-6-12(7-9-13)10-16(18)15-11-20-17-5-3-2-4-14(15)17/h2-9,11,16H,10H2,1H3. The van der Waals surface area contributed by atoms with Gasteiger partial charge in [0.25, 0.3) is 0 Å². The smallest absolute Gasteiger partial charge is 0.134 e. The molecular formula is C17H15ClO2. The normalized spacial score (nSPS) is 12.5. The molecule has 3 heteroatoms. The highest BCUT2D eigenvalue weighted by atomic mass is 35.5. The van der Waals surface area contributed by atoms with E-state index in [0.717, 1.165) is 28.7 Å². The van der Waals surface area contributed by atoms with Crippen LogP contribution in [0.2, 0.25) is 0 Å². The van der Waals surface area contributed by atoms with E-state index in [9.17, 15) is 0 Å². The second-order valence-electron chi connectivity index (χ2n) is 4.71. The van der Waals surface area contributed by atoms with Crippen LogP contribution >= 0.6 is 11.6 Å². The van der Waals surface area contributed by atoms with Crippen molar-refractivity contribution < 1.29 is 9.15 Å². The van der Waals surface area contributed by atoms with Crippen LogP contribution in [0, 0.1) is 0 Å². The Morgan fingerprint density at radius 1 is 1.10 bits per heavy atom. The molecule has 2 aromatic carbocycles. The van der Waals surface area contributed by atoms with E-state index >= 15 is 0 Å². The predicted molar refractivity (Wildman–Crippen MR) is 81.5 cm³/mol. The number of hydrogen-bond acceptors (Lipinski definition) is 2. The Balaban J connectivity index is 1.83. The first-order valence-electron chi connectivity index (χ1n) is 6.51. The number of fused-ring (bicyclic) bond motifs is 1. The molecule has 0 aliphatic rings. The Morgan fingerprint density at radius 2 is 1.85 bits per heavy atom. The van der Waals surface area contributed by atoms with E-state index in [0.29, 0.717) is 0 Å². The molecule has 102 valence electrons. The molecule has 2 nitrogen and oxygen atoms in total. The minimum absolute atomic E-state index is 0.105. The number of para-hydroxylation sites is 1. The fraction of sp³-hybridized carbons (Fsp3) is 0.176. The van der Waals surface area contributed by atoms with Crippen molar-refractivity contribution in [1.82, 2.24) is 0 Å². The molecule has 0 spiro atoms. The number of rotatable bonds is 4. The summed E-state index contributed by atoms with van der Waals surface area (Å²) in [6.45, 7) is 0. The fourth-order valence-corrected chi connectivity index (χ4v) is 2.67. The molecule has 1 aromatic heterocycles. The van der Waals surface area contributed by atoms with Crippen molar-refractivity contribution in [3.05, 3.63) is 65.9 Å². The maximum atomic E-state index is 6.54. The quantitative estimate of drug-likeness (QED) is 0.632. The third kappa shape index (κ3) is 2.52. The second-order valence-corrected chi connectivity index (χ2v) is 5.23. The molecule has 0 saturated heterocycles. The molecular weight excluding hydrogens is 272 g/mol. The minimum atomic E-state index is -0.105. The van der Waals surface area contributed by atoms with Crippen LogP contribution in [-0.4, -0.2) is 7.11 Å². The molecule has 1 atom stereocenters. The maximum Gasteiger partial charge on any atom is 0.134 e. The SMILES string of the molecule is COc1ccc(CC(Cl)c2coc3ccccc23)cc1. The monoisotopic (exact) mass is 286 g/mol.